The van der Waals surface area contributed by atoms with E-state index in [9.17, 15) is 4.57 Å². The Morgan fingerprint density at radius 1 is 1.12 bits per heavy atom. The summed E-state index contributed by atoms with van der Waals surface area (Å²) in [5, 5.41) is 0. The smallest absolute Gasteiger partial charge is 0.368 e. The lowest BCUT2D eigenvalue weighted by Gasteiger charge is -2.31. The SMILES string of the molecule is C=CCOP(=O)(OCC=C)C(F)(F)C[C@H]1O[C@@H]2OC(C)(C)O[C@@H]2[C@@H]1OCc1ccccc1. The fourth-order valence-corrected chi connectivity index (χ4v) is 5.02. The van der Waals surface area contributed by atoms with E-state index in [2.05, 4.69) is 13.2 Å². The maximum Gasteiger partial charge on any atom is 0.400 e. The molecule has 1 aromatic carbocycles. The molecule has 0 N–H and O–H groups in total. The monoisotopic (exact) mass is 474 g/mol. The van der Waals surface area contributed by atoms with Gasteiger partial charge in [-0.15, -0.1) is 13.2 Å². The van der Waals surface area contributed by atoms with Crippen molar-refractivity contribution in [2.45, 2.75) is 62.9 Å². The molecule has 1 aromatic rings. The maximum absolute atomic E-state index is 15.2. The molecule has 0 amide bonds. The Labute approximate surface area is 186 Å². The quantitative estimate of drug-likeness (QED) is 0.311. The second-order valence-corrected chi connectivity index (χ2v) is 10.1. The molecule has 0 saturated carbocycles. The summed E-state index contributed by atoms with van der Waals surface area (Å²) in [5.41, 5.74) is -3.01. The van der Waals surface area contributed by atoms with E-state index in [1.54, 1.807) is 13.8 Å². The van der Waals surface area contributed by atoms with Crippen LogP contribution in [0.4, 0.5) is 8.78 Å². The van der Waals surface area contributed by atoms with E-state index in [-0.39, 0.29) is 19.8 Å². The Morgan fingerprint density at radius 3 is 2.34 bits per heavy atom. The standard InChI is InChI=1S/C22H29F2O7P/c1-5-12-27-32(25,28-13-6-2)22(23,24)14-17-18(26-15-16-10-8-7-9-11-16)19-20(29-17)31-21(3,4)30-19/h5-11,17-20H,1-2,12-15H2,3-4H3/t17-,18-,19-,20-/m1/s1. The lowest BCUT2D eigenvalue weighted by atomic mass is 10.1. The summed E-state index contributed by atoms with van der Waals surface area (Å²) >= 11 is 0. The molecule has 0 unspecified atom stereocenters. The summed E-state index contributed by atoms with van der Waals surface area (Å²) in [6.45, 7) is 9.63. The first-order valence-corrected chi connectivity index (χ1v) is 11.8. The van der Waals surface area contributed by atoms with Crippen LogP contribution in [0.2, 0.25) is 0 Å². The van der Waals surface area contributed by atoms with E-state index < -0.39 is 50.1 Å². The molecule has 2 aliphatic heterocycles. The van der Waals surface area contributed by atoms with Crippen LogP contribution in [-0.4, -0.2) is 49.3 Å². The molecule has 0 aliphatic carbocycles. The molecule has 2 saturated heterocycles. The molecular formula is C22H29F2O7P. The Hall–Kier alpha value is -1.45. The number of rotatable bonds is 12. The number of hydrogen-bond acceptors (Lipinski definition) is 7. The number of hydrogen-bond donors (Lipinski definition) is 0. The molecule has 0 spiro atoms. The molecule has 2 fully saturated rings. The van der Waals surface area contributed by atoms with E-state index >= 15 is 8.78 Å². The van der Waals surface area contributed by atoms with Crippen molar-refractivity contribution in [2.24, 2.45) is 0 Å². The number of benzene rings is 1. The molecule has 0 aromatic heterocycles. The van der Waals surface area contributed by atoms with Gasteiger partial charge in [0, 0.05) is 0 Å². The first-order valence-electron chi connectivity index (χ1n) is 10.3. The minimum atomic E-state index is -4.86. The first-order chi connectivity index (χ1) is 15.1. The molecule has 2 aliphatic rings. The highest BCUT2D eigenvalue weighted by atomic mass is 31.2. The van der Waals surface area contributed by atoms with Gasteiger partial charge in [0.25, 0.3) is 0 Å². The second kappa shape index (κ2) is 10.2. The van der Waals surface area contributed by atoms with Crippen LogP contribution in [0, 0.1) is 0 Å². The van der Waals surface area contributed by atoms with Gasteiger partial charge in [0.15, 0.2) is 12.1 Å². The molecule has 10 heteroatoms. The van der Waals surface area contributed by atoms with Crippen molar-refractivity contribution in [3.63, 3.8) is 0 Å². The predicted molar refractivity (Wildman–Crippen MR) is 113 cm³/mol. The van der Waals surface area contributed by atoms with Gasteiger partial charge in [-0.25, -0.2) is 0 Å². The normalized spacial score (nSPS) is 27.2. The van der Waals surface area contributed by atoms with Crippen LogP contribution in [0.3, 0.4) is 0 Å². The molecule has 0 bridgehead atoms. The van der Waals surface area contributed by atoms with Crippen LogP contribution < -0.4 is 0 Å². The molecule has 4 atom stereocenters. The number of halogens is 2. The molecule has 7 nitrogen and oxygen atoms in total. The maximum atomic E-state index is 15.2. The third-order valence-corrected chi connectivity index (χ3v) is 6.91. The lowest BCUT2D eigenvalue weighted by Crippen LogP contribution is -2.39. The largest absolute Gasteiger partial charge is 0.400 e. The fourth-order valence-electron chi connectivity index (χ4n) is 3.56. The van der Waals surface area contributed by atoms with Crippen LogP contribution >= 0.6 is 7.60 Å². The minimum Gasteiger partial charge on any atom is -0.368 e. The Bertz CT molecular complexity index is 817. The van der Waals surface area contributed by atoms with E-state index in [1.807, 2.05) is 30.3 Å². The van der Waals surface area contributed by atoms with Crippen molar-refractivity contribution < 1.29 is 41.3 Å². The lowest BCUT2D eigenvalue weighted by molar-refractivity contribution is -0.224. The average molecular weight is 474 g/mol. The highest BCUT2D eigenvalue weighted by Gasteiger charge is 2.61. The Kier molecular flexibility index (Phi) is 8.04. The third-order valence-electron chi connectivity index (χ3n) is 4.94. The van der Waals surface area contributed by atoms with E-state index in [4.69, 9.17) is 28.0 Å². The van der Waals surface area contributed by atoms with Crippen molar-refractivity contribution in [3.05, 3.63) is 61.2 Å². The topological polar surface area (TPSA) is 72.5 Å². The highest BCUT2D eigenvalue weighted by molar-refractivity contribution is 7.55. The van der Waals surface area contributed by atoms with Crippen LogP contribution in [0.1, 0.15) is 25.8 Å². The molecule has 3 rings (SSSR count). The molecule has 178 valence electrons. The molecular weight excluding hydrogens is 445 g/mol. The zero-order valence-corrected chi connectivity index (χ0v) is 19.0. The molecule has 32 heavy (non-hydrogen) atoms. The van der Waals surface area contributed by atoms with Gasteiger partial charge < -0.3 is 28.0 Å². The van der Waals surface area contributed by atoms with E-state index in [0.717, 1.165) is 5.56 Å². The fraction of sp³-hybridized carbons (Fsp3) is 0.545. The summed E-state index contributed by atoms with van der Waals surface area (Å²) in [7, 11) is -4.86. The predicted octanol–water partition coefficient (Wildman–Crippen LogP) is 5.03. The van der Waals surface area contributed by atoms with Gasteiger partial charge in [-0.3, -0.25) is 4.57 Å². The summed E-state index contributed by atoms with van der Waals surface area (Å²) in [6, 6.07) is 9.27. The molecule has 2 heterocycles. The molecule has 0 radical (unpaired) electrons. The minimum absolute atomic E-state index is 0.154. The van der Waals surface area contributed by atoms with Gasteiger partial charge in [0.05, 0.1) is 32.3 Å². The van der Waals surface area contributed by atoms with Crippen LogP contribution in [0.15, 0.2) is 55.6 Å². The van der Waals surface area contributed by atoms with Gasteiger partial charge in [0.1, 0.15) is 12.2 Å². The number of alkyl halides is 2. The van der Waals surface area contributed by atoms with Crippen LogP contribution in [-0.2, 0) is 39.2 Å². The van der Waals surface area contributed by atoms with Crippen molar-refractivity contribution in [1.82, 2.24) is 0 Å². The van der Waals surface area contributed by atoms with Gasteiger partial charge in [0.2, 0.25) is 0 Å². The Morgan fingerprint density at radius 2 is 1.75 bits per heavy atom. The summed E-state index contributed by atoms with van der Waals surface area (Å²) < 4.78 is 76.5. The van der Waals surface area contributed by atoms with Gasteiger partial charge in [-0.1, -0.05) is 42.5 Å². The number of ether oxygens (including phenoxy) is 4. The van der Waals surface area contributed by atoms with Crippen LogP contribution in [0.25, 0.3) is 0 Å². The van der Waals surface area contributed by atoms with Crippen molar-refractivity contribution in [2.75, 3.05) is 13.2 Å². The zero-order valence-electron chi connectivity index (χ0n) is 18.2. The second-order valence-electron chi connectivity index (χ2n) is 7.94. The van der Waals surface area contributed by atoms with Crippen molar-refractivity contribution >= 4 is 7.60 Å². The summed E-state index contributed by atoms with van der Waals surface area (Å²) in [4.78, 5) is 0. The van der Waals surface area contributed by atoms with Gasteiger partial charge in [-0.2, -0.15) is 8.78 Å². The van der Waals surface area contributed by atoms with Gasteiger partial charge in [-0.05, 0) is 19.4 Å². The first kappa shape index (κ1) is 25.2. The van der Waals surface area contributed by atoms with Crippen molar-refractivity contribution in [3.8, 4) is 0 Å². The van der Waals surface area contributed by atoms with E-state index in [0.29, 0.717) is 0 Å². The van der Waals surface area contributed by atoms with Gasteiger partial charge >= 0.3 is 13.3 Å². The van der Waals surface area contributed by atoms with Crippen LogP contribution in [0.5, 0.6) is 0 Å². The zero-order chi connectivity index (χ0) is 23.4. The van der Waals surface area contributed by atoms with Crippen molar-refractivity contribution in [1.29, 1.82) is 0 Å². The number of fused-ring (bicyclic) bond motifs is 1. The third kappa shape index (κ3) is 5.72. The summed E-state index contributed by atoms with van der Waals surface area (Å²) in [5.74, 6) is -0.952. The Balaban J connectivity index is 1.79. The average Bonchev–Trinajstić information content (AvgIpc) is 3.20. The highest BCUT2D eigenvalue weighted by Crippen LogP contribution is 2.64. The summed E-state index contributed by atoms with van der Waals surface area (Å²) in [6.07, 6.45) is -2.23. The van der Waals surface area contributed by atoms with E-state index in [1.165, 1.54) is 12.2 Å².